The quantitative estimate of drug-likeness (QED) is 0.818. The highest BCUT2D eigenvalue weighted by atomic mass is 16.7. The van der Waals surface area contributed by atoms with E-state index < -0.39 is 5.79 Å². The topological polar surface area (TPSA) is 80.3 Å². The Kier molecular flexibility index (Phi) is 6.43. The molecule has 1 atom stereocenters. The van der Waals surface area contributed by atoms with E-state index in [2.05, 4.69) is 5.32 Å². The van der Waals surface area contributed by atoms with E-state index in [0.717, 1.165) is 25.7 Å². The second-order valence-electron chi connectivity index (χ2n) is 8.29. The molecule has 30 heavy (non-hydrogen) atoms. The van der Waals surface area contributed by atoms with E-state index in [0.29, 0.717) is 50.7 Å². The van der Waals surface area contributed by atoms with Gasteiger partial charge in [0.2, 0.25) is 11.7 Å². The molecular weight excluding hydrogens is 386 g/mol. The number of carbonyl (C=O) groups excluding carboxylic acids is 2. The molecule has 2 heterocycles. The number of ether oxygens (including phenoxy) is 3. The molecule has 3 aliphatic rings. The number of anilines is 1. The number of hydrogen-bond donors (Lipinski definition) is 1. The minimum Gasteiger partial charge on any atom is -0.497 e. The normalized spacial score (nSPS) is 25.2. The zero-order valence-electron chi connectivity index (χ0n) is 17.6. The standard InChI is InChI=1S/C22H31N3O5/c1-28-19-9-4-8-18(14-19)23-21(27)25-10-5-12-29-22(16-25)15-24(11-13-30-22)20(26)17-6-2-3-7-17/h4,8-9,14,17H,2-3,5-7,10-13,15-16H2,1H3,(H,23,27). The zero-order chi connectivity index (χ0) is 21.0. The highest BCUT2D eigenvalue weighted by Crippen LogP contribution is 2.30. The molecule has 1 spiro atoms. The second kappa shape index (κ2) is 9.22. The number of nitrogens with one attached hydrogen (secondary N) is 1. The minimum atomic E-state index is -0.964. The summed E-state index contributed by atoms with van der Waals surface area (Å²) in [6.07, 6.45) is 4.91. The molecule has 3 fully saturated rings. The van der Waals surface area contributed by atoms with Crippen LogP contribution in [0.25, 0.3) is 0 Å². The lowest BCUT2D eigenvalue weighted by atomic mass is 10.1. The van der Waals surface area contributed by atoms with Gasteiger partial charge in [0.05, 0.1) is 33.4 Å². The van der Waals surface area contributed by atoms with Crippen molar-refractivity contribution in [3.63, 3.8) is 0 Å². The Morgan fingerprint density at radius 1 is 1.07 bits per heavy atom. The average molecular weight is 418 g/mol. The summed E-state index contributed by atoms with van der Waals surface area (Å²) in [5, 5.41) is 2.93. The van der Waals surface area contributed by atoms with Gasteiger partial charge in [-0.3, -0.25) is 4.79 Å². The van der Waals surface area contributed by atoms with Crippen LogP contribution in [0.2, 0.25) is 0 Å². The number of benzene rings is 1. The summed E-state index contributed by atoms with van der Waals surface area (Å²) in [6, 6.07) is 7.05. The van der Waals surface area contributed by atoms with E-state index in [4.69, 9.17) is 14.2 Å². The van der Waals surface area contributed by atoms with E-state index >= 15 is 0 Å². The van der Waals surface area contributed by atoms with Crippen LogP contribution in [0.15, 0.2) is 24.3 Å². The predicted molar refractivity (Wildman–Crippen MR) is 111 cm³/mol. The molecule has 2 aliphatic heterocycles. The van der Waals surface area contributed by atoms with Crippen molar-refractivity contribution >= 4 is 17.6 Å². The summed E-state index contributed by atoms with van der Waals surface area (Å²) in [5.41, 5.74) is 0.668. The third kappa shape index (κ3) is 4.70. The molecule has 1 aliphatic carbocycles. The number of urea groups is 1. The van der Waals surface area contributed by atoms with E-state index in [1.807, 2.05) is 23.1 Å². The maximum absolute atomic E-state index is 13.0. The molecule has 8 nitrogen and oxygen atoms in total. The lowest BCUT2D eigenvalue weighted by Gasteiger charge is -2.43. The molecule has 1 saturated carbocycles. The number of methoxy groups -OCH3 is 1. The van der Waals surface area contributed by atoms with Gasteiger partial charge in [0.1, 0.15) is 5.75 Å². The van der Waals surface area contributed by atoms with Gasteiger partial charge in [0, 0.05) is 30.8 Å². The molecule has 4 rings (SSSR count). The Labute approximate surface area is 177 Å². The molecule has 0 radical (unpaired) electrons. The number of nitrogens with zero attached hydrogens (tertiary/aromatic N) is 2. The third-order valence-corrected chi connectivity index (χ3v) is 6.15. The van der Waals surface area contributed by atoms with Crippen molar-refractivity contribution < 1.29 is 23.8 Å². The van der Waals surface area contributed by atoms with E-state index in [1.165, 1.54) is 0 Å². The van der Waals surface area contributed by atoms with Crippen LogP contribution in [0.4, 0.5) is 10.5 Å². The smallest absolute Gasteiger partial charge is 0.322 e. The molecule has 2 saturated heterocycles. The summed E-state index contributed by atoms with van der Waals surface area (Å²) < 4.78 is 17.3. The Morgan fingerprint density at radius 3 is 2.63 bits per heavy atom. The van der Waals surface area contributed by atoms with Crippen molar-refractivity contribution in [3.05, 3.63) is 24.3 Å². The maximum atomic E-state index is 13.0. The summed E-state index contributed by atoms with van der Waals surface area (Å²) in [6.45, 7) is 2.72. The molecule has 1 unspecified atom stereocenters. The summed E-state index contributed by atoms with van der Waals surface area (Å²) in [7, 11) is 1.59. The Balaban J connectivity index is 1.43. The van der Waals surface area contributed by atoms with E-state index in [-0.39, 0.29) is 24.4 Å². The Hall–Kier alpha value is -2.32. The van der Waals surface area contributed by atoms with Crippen molar-refractivity contribution in [1.29, 1.82) is 0 Å². The van der Waals surface area contributed by atoms with Gasteiger partial charge >= 0.3 is 6.03 Å². The number of carbonyl (C=O) groups is 2. The number of hydrogen-bond acceptors (Lipinski definition) is 5. The van der Waals surface area contributed by atoms with Gasteiger partial charge in [-0.25, -0.2) is 4.79 Å². The number of amides is 3. The van der Waals surface area contributed by atoms with Gasteiger partial charge in [-0.15, -0.1) is 0 Å². The first-order valence-corrected chi connectivity index (χ1v) is 10.9. The molecule has 164 valence electrons. The summed E-state index contributed by atoms with van der Waals surface area (Å²) in [4.78, 5) is 29.5. The fourth-order valence-electron chi connectivity index (χ4n) is 4.57. The lowest BCUT2D eigenvalue weighted by molar-refractivity contribution is -0.262. The first-order chi connectivity index (χ1) is 14.6. The van der Waals surface area contributed by atoms with Crippen LogP contribution < -0.4 is 10.1 Å². The van der Waals surface area contributed by atoms with Crippen LogP contribution in [-0.2, 0) is 14.3 Å². The van der Waals surface area contributed by atoms with Gasteiger partial charge < -0.3 is 29.3 Å². The van der Waals surface area contributed by atoms with Crippen LogP contribution in [-0.4, -0.2) is 74.0 Å². The molecule has 1 aromatic carbocycles. The molecule has 8 heteroatoms. The van der Waals surface area contributed by atoms with Crippen LogP contribution in [0.5, 0.6) is 5.75 Å². The average Bonchev–Trinajstić information content (AvgIpc) is 3.23. The van der Waals surface area contributed by atoms with Crippen molar-refractivity contribution in [2.45, 2.75) is 37.9 Å². The molecule has 1 aromatic rings. The van der Waals surface area contributed by atoms with Crippen LogP contribution in [0.3, 0.4) is 0 Å². The van der Waals surface area contributed by atoms with E-state index in [1.54, 1.807) is 18.1 Å². The highest BCUT2D eigenvalue weighted by molar-refractivity contribution is 5.89. The van der Waals surface area contributed by atoms with Crippen LogP contribution in [0, 0.1) is 5.92 Å². The summed E-state index contributed by atoms with van der Waals surface area (Å²) in [5.74, 6) is 0.0447. The van der Waals surface area contributed by atoms with Gasteiger partial charge in [0.15, 0.2) is 0 Å². The fourth-order valence-corrected chi connectivity index (χ4v) is 4.57. The largest absolute Gasteiger partial charge is 0.497 e. The predicted octanol–water partition coefficient (Wildman–Crippen LogP) is 2.69. The molecule has 3 amide bonds. The molecule has 0 aromatic heterocycles. The van der Waals surface area contributed by atoms with Crippen molar-refractivity contribution in [1.82, 2.24) is 9.80 Å². The molecule has 0 bridgehead atoms. The lowest BCUT2D eigenvalue weighted by Crippen LogP contribution is -2.60. The fraction of sp³-hybridized carbons (Fsp3) is 0.636. The number of rotatable bonds is 3. The Bertz CT molecular complexity index is 767. The van der Waals surface area contributed by atoms with Crippen LogP contribution >= 0.6 is 0 Å². The number of morpholine rings is 1. The molecular formula is C22H31N3O5. The second-order valence-corrected chi connectivity index (χ2v) is 8.29. The van der Waals surface area contributed by atoms with Crippen molar-refractivity contribution in [3.8, 4) is 5.75 Å². The third-order valence-electron chi connectivity index (χ3n) is 6.15. The monoisotopic (exact) mass is 417 g/mol. The first-order valence-electron chi connectivity index (χ1n) is 10.9. The van der Waals surface area contributed by atoms with Gasteiger partial charge in [-0.1, -0.05) is 18.9 Å². The molecule has 1 N–H and O–H groups in total. The van der Waals surface area contributed by atoms with Crippen molar-refractivity contribution in [2.24, 2.45) is 5.92 Å². The Morgan fingerprint density at radius 2 is 1.83 bits per heavy atom. The van der Waals surface area contributed by atoms with Crippen molar-refractivity contribution in [2.75, 3.05) is 51.8 Å². The maximum Gasteiger partial charge on any atom is 0.322 e. The summed E-state index contributed by atoms with van der Waals surface area (Å²) >= 11 is 0. The van der Waals surface area contributed by atoms with Gasteiger partial charge in [-0.05, 0) is 31.4 Å². The zero-order valence-corrected chi connectivity index (χ0v) is 17.6. The van der Waals surface area contributed by atoms with Gasteiger partial charge in [0.25, 0.3) is 0 Å². The van der Waals surface area contributed by atoms with Gasteiger partial charge in [-0.2, -0.15) is 0 Å². The SMILES string of the molecule is COc1cccc(NC(=O)N2CCCOC3(C2)CN(C(=O)C2CCCC2)CCO3)c1. The minimum absolute atomic E-state index is 0.124. The van der Waals surface area contributed by atoms with E-state index in [9.17, 15) is 9.59 Å². The highest BCUT2D eigenvalue weighted by Gasteiger charge is 2.44. The first kappa shape index (κ1) is 20.9. The van der Waals surface area contributed by atoms with Crippen LogP contribution in [0.1, 0.15) is 32.1 Å².